The van der Waals surface area contributed by atoms with Crippen molar-refractivity contribution in [3.05, 3.63) is 35.9 Å². The average Bonchev–Trinajstić information content (AvgIpc) is 2.74. The lowest BCUT2D eigenvalue weighted by Gasteiger charge is -2.34. The van der Waals surface area contributed by atoms with E-state index < -0.39 is 0 Å². The number of esters is 1. The van der Waals surface area contributed by atoms with E-state index in [1.54, 1.807) is 7.05 Å². The number of anilines is 1. The van der Waals surface area contributed by atoms with Crippen LogP contribution in [0.1, 0.15) is 25.3 Å². The second-order valence-corrected chi connectivity index (χ2v) is 7.49. The number of hydrogen-bond acceptors (Lipinski definition) is 5. The number of fused-ring (bicyclic) bond motifs is 1. The maximum atomic E-state index is 12.2. The van der Waals surface area contributed by atoms with Gasteiger partial charge in [0, 0.05) is 46.2 Å². The van der Waals surface area contributed by atoms with Gasteiger partial charge < -0.3 is 19.9 Å². The summed E-state index contributed by atoms with van der Waals surface area (Å²) in [5, 5.41) is 4.61. The number of nitrogens with zero attached hydrogens (tertiary/aromatic N) is 4. The molecule has 0 saturated carbocycles. The van der Waals surface area contributed by atoms with Crippen LogP contribution >= 0.6 is 24.0 Å². The van der Waals surface area contributed by atoms with E-state index >= 15 is 0 Å². The van der Waals surface area contributed by atoms with Crippen molar-refractivity contribution in [2.75, 3.05) is 45.7 Å². The molecule has 1 saturated heterocycles. The van der Waals surface area contributed by atoms with Crippen LogP contribution < -0.4 is 10.2 Å². The van der Waals surface area contributed by atoms with Crippen molar-refractivity contribution in [3.63, 3.8) is 0 Å². The molecule has 0 amide bonds. The minimum Gasteiger partial charge on any atom is -0.466 e. The summed E-state index contributed by atoms with van der Waals surface area (Å²) in [4.78, 5) is 25.5. The minimum absolute atomic E-state index is 0. The number of carbonyl (C=O) groups excluding carboxylic acids is 1. The van der Waals surface area contributed by atoms with Crippen LogP contribution in [0.15, 0.2) is 35.3 Å². The van der Waals surface area contributed by atoms with Crippen LogP contribution in [-0.2, 0) is 16.1 Å². The lowest BCUT2D eigenvalue weighted by molar-refractivity contribution is -0.149. The Hall–Kier alpha value is -2.10. The van der Waals surface area contributed by atoms with Crippen LogP contribution in [0, 0.1) is 5.92 Å². The first-order valence-electron chi connectivity index (χ1n) is 10.2. The summed E-state index contributed by atoms with van der Waals surface area (Å²) >= 11 is 0. The Bertz CT molecular complexity index is 887. The van der Waals surface area contributed by atoms with Crippen molar-refractivity contribution in [1.29, 1.82) is 0 Å². The van der Waals surface area contributed by atoms with Crippen molar-refractivity contribution in [2.24, 2.45) is 10.9 Å². The lowest BCUT2D eigenvalue weighted by atomic mass is 9.98. The van der Waals surface area contributed by atoms with E-state index in [1.807, 2.05) is 44.1 Å². The normalized spacial score (nSPS) is 16.7. The Morgan fingerprint density at radius 2 is 2.13 bits per heavy atom. The molecule has 7 nitrogen and oxygen atoms in total. The Morgan fingerprint density at radius 3 is 2.83 bits per heavy atom. The van der Waals surface area contributed by atoms with E-state index in [9.17, 15) is 4.79 Å². The summed E-state index contributed by atoms with van der Waals surface area (Å²) in [5.74, 6) is 1.54. The zero-order valence-electron chi connectivity index (χ0n) is 18.2. The maximum absolute atomic E-state index is 12.2. The summed E-state index contributed by atoms with van der Waals surface area (Å²) in [6, 6.07) is 10.3. The van der Waals surface area contributed by atoms with E-state index in [0.717, 1.165) is 42.1 Å². The van der Waals surface area contributed by atoms with Gasteiger partial charge in [0.25, 0.3) is 0 Å². The number of carbonyl (C=O) groups is 1. The Labute approximate surface area is 195 Å². The molecule has 1 aliphatic heterocycles. The van der Waals surface area contributed by atoms with Gasteiger partial charge in [0.05, 0.1) is 18.0 Å². The highest BCUT2D eigenvalue weighted by Gasteiger charge is 2.28. The van der Waals surface area contributed by atoms with Crippen molar-refractivity contribution in [1.82, 2.24) is 15.2 Å². The second-order valence-electron chi connectivity index (χ2n) is 7.49. The topological polar surface area (TPSA) is 70.1 Å². The standard InChI is InChI=1S/C22H31N5O2.HI/c1-5-29-21(28)16-9-8-12-27(15-16)22(23-2)24-14-17-13-20(26(3)4)25-19-11-7-6-10-18(17)19;/h6-7,10-11,13,16H,5,8-9,12,14-15H2,1-4H3,(H,23,24);1H. The Kier molecular flexibility index (Phi) is 9.13. The van der Waals surface area contributed by atoms with Crippen molar-refractivity contribution < 1.29 is 9.53 Å². The minimum atomic E-state index is -0.108. The highest BCUT2D eigenvalue weighted by Crippen LogP contribution is 2.22. The van der Waals surface area contributed by atoms with Crippen LogP contribution in [0.2, 0.25) is 0 Å². The fourth-order valence-corrected chi connectivity index (χ4v) is 3.74. The molecule has 3 rings (SSSR count). The van der Waals surface area contributed by atoms with Gasteiger partial charge in [-0.05, 0) is 37.5 Å². The number of aliphatic imine (C=N–C) groups is 1. The van der Waals surface area contributed by atoms with Crippen LogP contribution in [-0.4, -0.2) is 62.7 Å². The first kappa shape index (κ1) is 24.2. The summed E-state index contributed by atoms with van der Waals surface area (Å²) < 4.78 is 5.22. The van der Waals surface area contributed by atoms with E-state index in [2.05, 4.69) is 27.3 Å². The van der Waals surface area contributed by atoms with Crippen molar-refractivity contribution in [2.45, 2.75) is 26.3 Å². The Morgan fingerprint density at radius 1 is 1.37 bits per heavy atom. The van der Waals surface area contributed by atoms with Gasteiger partial charge in [0.1, 0.15) is 5.82 Å². The summed E-state index contributed by atoms with van der Waals surface area (Å²) in [5.41, 5.74) is 2.14. The largest absolute Gasteiger partial charge is 0.466 e. The lowest BCUT2D eigenvalue weighted by Crippen LogP contribution is -2.48. The van der Waals surface area contributed by atoms with Crippen molar-refractivity contribution in [3.8, 4) is 0 Å². The molecule has 1 fully saturated rings. The molecule has 0 radical (unpaired) electrons. The van der Waals surface area contributed by atoms with Gasteiger partial charge in [-0.2, -0.15) is 0 Å². The number of halogens is 1. The van der Waals surface area contributed by atoms with Crippen molar-refractivity contribution >= 4 is 52.6 Å². The monoisotopic (exact) mass is 525 g/mol. The molecule has 0 bridgehead atoms. The maximum Gasteiger partial charge on any atom is 0.310 e. The summed E-state index contributed by atoms with van der Waals surface area (Å²) in [6.45, 7) is 4.43. The molecule has 164 valence electrons. The molecule has 1 aliphatic rings. The summed E-state index contributed by atoms with van der Waals surface area (Å²) in [6.07, 6.45) is 1.82. The highest BCUT2D eigenvalue weighted by atomic mass is 127. The summed E-state index contributed by atoms with van der Waals surface area (Å²) in [7, 11) is 5.78. The number of para-hydroxylation sites is 1. The number of nitrogens with one attached hydrogen (secondary N) is 1. The van der Waals surface area contributed by atoms with Gasteiger partial charge >= 0.3 is 5.97 Å². The highest BCUT2D eigenvalue weighted by molar-refractivity contribution is 14.0. The molecule has 30 heavy (non-hydrogen) atoms. The number of pyridine rings is 1. The zero-order valence-corrected chi connectivity index (χ0v) is 20.6. The van der Waals surface area contributed by atoms with Gasteiger partial charge in [0.15, 0.2) is 5.96 Å². The third-order valence-electron chi connectivity index (χ3n) is 5.24. The number of benzene rings is 1. The number of piperidine rings is 1. The molecule has 2 heterocycles. The molecule has 0 aliphatic carbocycles. The van der Waals surface area contributed by atoms with E-state index in [0.29, 0.717) is 19.7 Å². The number of rotatable bonds is 5. The van der Waals surface area contributed by atoms with Crippen LogP contribution in [0.4, 0.5) is 5.82 Å². The smallest absolute Gasteiger partial charge is 0.310 e. The third kappa shape index (κ3) is 5.74. The van der Waals surface area contributed by atoms with Gasteiger partial charge in [-0.25, -0.2) is 4.98 Å². The quantitative estimate of drug-likeness (QED) is 0.280. The molecule has 0 spiro atoms. The first-order chi connectivity index (χ1) is 14.0. The number of ether oxygens (including phenoxy) is 1. The predicted molar refractivity (Wildman–Crippen MR) is 133 cm³/mol. The third-order valence-corrected chi connectivity index (χ3v) is 5.24. The zero-order chi connectivity index (χ0) is 20.8. The molecule has 1 atom stereocenters. The number of aromatic nitrogens is 1. The van der Waals surface area contributed by atoms with Crippen LogP contribution in [0.25, 0.3) is 10.9 Å². The number of guanidine groups is 1. The van der Waals surface area contributed by atoms with Gasteiger partial charge in [-0.15, -0.1) is 24.0 Å². The molecule has 1 N–H and O–H groups in total. The van der Waals surface area contributed by atoms with Crippen LogP contribution in [0.3, 0.4) is 0 Å². The van der Waals surface area contributed by atoms with Gasteiger partial charge in [-0.3, -0.25) is 9.79 Å². The van der Waals surface area contributed by atoms with E-state index in [-0.39, 0.29) is 35.9 Å². The fraction of sp³-hybridized carbons (Fsp3) is 0.500. The number of hydrogen-bond donors (Lipinski definition) is 1. The van der Waals surface area contributed by atoms with Crippen LogP contribution in [0.5, 0.6) is 0 Å². The van der Waals surface area contributed by atoms with Gasteiger partial charge in [0.2, 0.25) is 0 Å². The molecule has 1 aromatic heterocycles. The Balaban J connectivity index is 0.00000320. The average molecular weight is 525 g/mol. The molecule has 1 aromatic carbocycles. The first-order valence-corrected chi connectivity index (χ1v) is 10.2. The molecule has 1 unspecified atom stereocenters. The fourth-order valence-electron chi connectivity index (χ4n) is 3.74. The SMILES string of the molecule is CCOC(=O)C1CCCN(C(=NC)NCc2cc(N(C)C)nc3ccccc23)C1.I. The molecular formula is C22H32IN5O2. The molecule has 2 aromatic rings. The number of likely N-dealkylation sites (tertiary alicyclic amines) is 1. The molecular weight excluding hydrogens is 493 g/mol. The second kappa shape index (κ2) is 11.3. The predicted octanol–water partition coefficient (Wildman–Crippen LogP) is 3.27. The van der Waals surface area contributed by atoms with E-state index in [1.165, 1.54) is 5.56 Å². The van der Waals surface area contributed by atoms with Gasteiger partial charge in [-0.1, -0.05) is 18.2 Å². The van der Waals surface area contributed by atoms with E-state index in [4.69, 9.17) is 9.72 Å². The molecule has 8 heteroatoms.